The van der Waals surface area contributed by atoms with E-state index in [4.69, 9.17) is 0 Å². The fraction of sp³-hybridized carbons (Fsp3) is 0.364. The topological polar surface area (TPSA) is 97.4 Å². The summed E-state index contributed by atoms with van der Waals surface area (Å²) in [7, 11) is 1.38. The Morgan fingerprint density at radius 1 is 0.931 bits per heavy atom. The van der Waals surface area contributed by atoms with E-state index in [1.165, 1.54) is 7.11 Å². The Hall–Kier alpha value is -3.22. The molecule has 0 atom stereocenters. The van der Waals surface area contributed by atoms with E-state index < -0.39 is 0 Å². The number of amides is 2. The second-order valence-electron chi connectivity index (χ2n) is 6.76. The Bertz CT molecular complexity index is 834. The van der Waals surface area contributed by atoms with Crippen LogP contribution in [0.3, 0.4) is 0 Å². The van der Waals surface area contributed by atoms with Gasteiger partial charge < -0.3 is 15.4 Å². The van der Waals surface area contributed by atoms with Crippen LogP contribution in [-0.4, -0.2) is 29.9 Å². The summed E-state index contributed by atoms with van der Waals surface area (Å²) < 4.78 is 4.59. The standard InChI is InChI=1S/C22H27N3O4/c1-16-13-14-19(23-15-16)25-22(28)17-9-7-8-10-18(17)24-20(26)11-5-3-4-6-12-21(27)29-2/h7-10,13-15H,3-6,11-12H2,1-2H3,(H,24,26)(H,23,25,28). The summed E-state index contributed by atoms with van der Waals surface area (Å²) >= 11 is 0. The highest BCUT2D eigenvalue weighted by atomic mass is 16.5. The average molecular weight is 397 g/mol. The largest absolute Gasteiger partial charge is 0.469 e. The van der Waals surface area contributed by atoms with E-state index >= 15 is 0 Å². The van der Waals surface area contributed by atoms with Gasteiger partial charge in [-0.25, -0.2) is 4.98 Å². The van der Waals surface area contributed by atoms with Crippen LogP contribution >= 0.6 is 0 Å². The predicted octanol–water partition coefficient (Wildman–Crippen LogP) is 4.09. The van der Waals surface area contributed by atoms with E-state index in [9.17, 15) is 14.4 Å². The van der Waals surface area contributed by atoms with Gasteiger partial charge in [0.1, 0.15) is 5.82 Å². The zero-order valence-electron chi connectivity index (χ0n) is 16.9. The molecule has 1 aromatic heterocycles. The molecule has 2 aromatic rings. The van der Waals surface area contributed by atoms with Crippen molar-refractivity contribution in [2.75, 3.05) is 17.7 Å². The maximum atomic E-state index is 12.6. The number of unbranched alkanes of at least 4 members (excludes halogenated alkanes) is 3. The van der Waals surface area contributed by atoms with E-state index in [1.807, 2.05) is 13.0 Å². The molecule has 0 saturated heterocycles. The van der Waals surface area contributed by atoms with E-state index in [-0.39, 0.29) is 17.8 Å². The summed E-state index contributed by atoms with van der Waals surface area (Å²) in [5, 5.41) is 5.55. The minimum absolute atomic E-state index is 0.147. The SMILES string of the molecule is COC(=O)CCCCCCC(=O)Nc1ccccc1C(=O)Nc1ccc(C)cn1. The highest BCUT2D eigenvalue weighted by Gasteiger charge is 2.13. The highest BCUT2D eigenvalue weighted by Crippen LogP contribution is 2.18. The minimum atomic E-state index is -0.333. The van der Waals surface area contributed by atoms with Gasteiger partial charge in [0.2, 0.25) is 5.91 Å². The quantitative estimate of drug-likeness (QED) is 0.465. The third-order valence-electron chi connectivity index (χ3n) is 4.36. The molecule has 0 fully saturated rings. The Labute approximate surface area is 170 Å². The second kappa shape index (κ2) is 11.6. The van der Waals surface area contributed by atoms with Gasteiger partial charge in [-0.1, -0.05) is 31.0 Å². The number of pyridine rings is 1. The molecular weight excluding hydrogens is 370 g/mol. The number of nitrogens with one attached hydrogen (secondary N) is 2. The minimum Gasteiger partial charge on any atom is -0.469 e. The lowest BCUT2D eigenvalue weighted by Crippen LogP contribution is -2.18. The van der Waals surface area contributed by atoms with Crippen molar-refractivity contribution in [3.63, 3.8) is 0 Å². The lowest BCUT2D eigenvalue weighted by molar-refractivity contribution is -0.140. The molecule has 1 aromatic carbocycles. The van der Waals surface area contributed by atoms with Crippen molar-refractivity contribution >= 4 is 29.3 Å². The monoisotopic (exact) mass is 397 g/mol. The summed E-state index contributed by atoms with van der Waals surface area (Å²) in [4.78, 5) is 40.0. The van der Waals surface area contributed by atoms with E-state index in [0.29, 0.717) is 36.3 Å². The fourth-order valence-electron chi connectivity index (χ4n) is 2.74. The molecule has 0 unspecified atom stereocenters. The molecule has 2 amide bonds. The number of aryl methyl sites for hydroxylation is 1. The number of rotatable bonds is 10. The van der Waals surface area contributed by atoms with Crippen molar-refractivity contribution < 1.29 is 19.1 Å². The van der Waals surface area contributed by atoms with Gasteiger partial charge >= 0.3 is 5.97 Å². The van der Waals surface area contributed by atoms with Gasteiger partial charge in [-0.3, -0.25) is 14.4 Å². The number of para-hydroxylation sites is 1. The van der Waals surface area contributed by atoms with E-state index in [1.54, 1.807) is 36.5 Å². The van der Waals surface area contributed by atoms with Gasteiger partial charge in [0, 0.05) is 19.0 Å². The lowest BCUT2D eigenvalue weighted by atomic mass is 10.1. The van der Waals surface area contributed by atoms with Crippen LogP contribution < -0.4 is 10.6 Å². The third-order valence-corrected chi connectivity index (χ3v) is 4.36. The molecule has 0 spiro atoms. The number of carbonyl (C=O) groups is 3. The molecule has 0 radical (unpaired) electrons. The molecule has 0 aliphatic heterocycles. The van der Waals surface area contributed by atoms with Crippen molar-refractivity contribution in [3.8, 4) is 0 Å². The van der Waals surface area contributed by atoms with Crippen LogP contribution in [0.15, 0.2) is 42.6 Å². The number of methoxy groups -OCH3 is 1. The number of hydrogen-bond acceptors (Lipinski definition) is 5. The van der Waals surface area contributed by atoms with Crippen LogP contribution in [0, 0.1) is 6.92 Å². The maximum Gasteiger partial charge on any atom is 0.305 e. The number of hydrogen-bond donors (Lipinski definition) is 2. The first kappa shape index (κ1) is 22.1. The first-order valence-electron chi connectivity index (χ1n) is 9.69. The molecule has 2 N–H and O–H groups in total. The zero-order valence-corrected chi connectivity index (χ0v) is 16.9. The molecule has 1 heterocycles. The van der Waals surface area contributed by atoms with E-state index in [0.717, 1.165) is 24.8 Å². The summed E-state index contributed by atoms with van der Waals surface area (Å²) in [5.41, 5.74) is 1.84. The fourth-order valence-corrected chi connectivity index (χ4v) is 2.74. The number of anilines is 2. The molecule has 0 aliphatic carbocycles. The van der Waals surface area contributed by atoms with Gasteiger partial charge in [0.25, 0.3) is 5.91 Å². The molecular formula is C22H27N3O4. The smallest absolute Gasteiger partial charge is 0.305 e. The van der Waals surface area contributed by atoms with Crippen LogP contribution in [0.4, 0.5) is 11.5 Å². The van der Waals surface area contributed by atoms with Crippen LogP contribution in [0.25, 0.3) is 0 Å². The van der Waals surface area contributed by atoms with Crippen LogP contribution in [0.2, 0.25) is 0 Å². The molecule has 154 valence electrons. The molecule has 0 bridgehead atoms. The number of nitrogens with zero attached hydrogens (tertiary/aromatic N) is 1. The van der Waals surface area contributed by atoms with Crippen molar-refractivity contribution in [1.29, 1.82) is 0 Å². The highest BCUT2D eigenvalue weighted by molar-refractivity contribution is 6.09. The molecule has 29 heavy (non-hydrogen) atoms. The number of benzene rings is 1. The summed E-state index contributed by atoms with van der Waals surface area (Å²) in [6, 6.07) is 10.5. The molecule has 0 aliphatic rings. The summed E-state index contributed by atoms with van der Waals surface area (Å²) in [6.07, 6.45) is 5.62. The lowest BCUT2D eigenvalue weighted by Gasteiger charge is -2.11. The van der Waals surface area contributed by atoms with Crippen molar-refractivity contribution in [2.24, 2.45) is 0 Å². The van der Waals surface area contributed by atoms with Gasteiger partial charge in [-0.2, -0.15) is 0 Å². The second-order valence-corrected chi connectivity index (χ2v) is 6.76. The maximum absolute atomic E-state index is 12.6. The first-order chi connectivity index (χ1) is 14.0. The third kappa shape index (κ3) is 7.73. The Morgan fingerprint density at radius 2 is 1.66 bits per heavy atom. The Morgan fingerprint density at radius 3 is 2.34 bits per heavy atom. The van der Waals surface area contributed by atoms with Gasteiger partial charge in [-0.05, 0) is 43.5 Å². The van der Waals surface area contributed by atoms with Crippen molar-refractivity contribution in [3.05, 3.63) is 53.7 Å². The molecule has 0 saturated carbocycles. The van der Waals surface area contributed by atoms with Gasteiger partial charge in [0.05, 0.1) is 18.4 Å². The Balaban J connectivity index is 1.83. The van der Waals surface area contributed by atoms with Gasteiger partial charge in [-0.15, -0.1) is 0 Å². The summed E-state index contributed by atoms with van der Waals surface area (Å²) in [6.45, 7) is 1.92. The van der Waals surface area contributed by atoms with Gasteiger partial charge in [0.15, 0.2) is 0 Å². The zero-order chi connectivity index (χ0) is 21.1. The number of carbonyl (C=O) groups excluding carboxylic acids is 3. The van der Waals surface area contributed by atoms with Crippen molar-refractivity contribution in [2.45, 2.75) is 45.4 Å². The van der Waals surface area contributed by atoms with E-state index in [2.05, 4.69) is 20.4 Å². The Kier molecular flexibility index (Phi) is 8.82. The normalized spacial score (nSPS) is 10.3. The molecule has 7 heteroatoms. The van der Waals surface area contributed by atoms with Crippen LogP contribution in [0.1, 0.15) is 54.4 Å². The number of ether oxygens (including phenoxy) is 1. The van der Waals surface area contributed by atoms with Crippen LogP contribution in [0.5, 0.6) is 0 Å². The summed E-state index contributed by atoms with van der Waals surface area (Å²) in [5.74, 6) is -0.237. The van der Waals surface area contributed by atoms with Crippen LogP contribution in [-0.2, 0) is 14.3 Å². The average Bonchev–Trinajstić information content (AvgIpc) is 2.72. The van der Waals surface area contributed by atoms with Crippen molar-refractivity contribution in [1.82, 2.24) is 4.98 Å². The predicted molar refractivity (Wildman–Crippen MR) is 112 cm³/mol. The molecule has 2 rings (SSSR count). The number of aromatic nitrogens is 1. The molecule has 7 nitrogen and oxygen atoms in total. The number of esters is 1. The first-order valence-corrected chi connectivity index (χ1v) is 9.69.